The molecule has 1 saturated heterocycles. The summed E-state index contributed by atoms with van der Waals surface area (Å²) in [5.74, 6) is 0.424. The number of halogens is 2. The lowest BCUT2D eigenvalue weighted by atomic mass is 10.1. The molecule has 8 nitrogen and oxygen atoms in total. The van der Waals surface area contributed by atoms with E-state index in [0.29, 0.717) is 46.3 Å². The second kappa shape index (κ2) is 6.03. The zero-order valence-electron chi connectivity index (χ0n) is 14.8. The number of pyridine rings is 1. The Morgan fingerprint density at radius 2 is 1.88 bits per heavy atom. The fourth-order valence-corrected chi connectivity index (χ4v) is 4.40. The van der Waals surface area contributed by atoms with Crippen LogP contribution in [0.3, 0.4) is 0 Å². The van der Waals surface area contributed by atoms with Crippen molar-refractivity contribution in [3.05, 3.63) is 21.2 Å². The van der Waals surface area contributed by atoms with Gasteiger partial charge in [-0.3, -0.25) is 9.69 Å². The van der Waals surface area contributed by atoms with Gasteiger partial charge in [0, 0.05) is 26.2 Å². The molecule has 2 aromatic rings. The number of anilines is 2. The van der Waals surface area contributed by atoms with Crippen molar-refractivity contribution in [2.75, 3.05) is 37.0 Å². The van der Waals surface area contributed by atoms with Gasteiger partial charge in [-0.1, -0.05) is 11.6 Å². The van der Waals surface area contributed by atoms with Crippen molar-refractivity contribution in [1.82, 2.24) is 17.6 Å². The number of carbonyl (C=O) groups excluding carboxylic acids is 1. The summed E-state index contributed by atoms with van der Waals surface area (Å²) >= 11 is 8.45. The summed E-state index contributed by atoms with van der Waals surface area (Å²) in [5, 5.41) is 1.05. The van der Waals surface area contributed by atoms with Gasteiger partial charge in [0.1, 0.15) is 11.9 Å². The first kappa shape index (κ1) is 17.9. The molecule has 26 heavy (non-hydrogen) atoms. The molecule has 0 bridgehead atoms. The molecular weight excluding hydrogens is 471 g/mol. The van der Waals surface area contributed by atoms with Gasteiger partial charge in [-0.05, 0) is 20.9 Å². The predicted octanol–water partition coefficient (Wildman–Crippen LogP) is 1.44. The zero-order valence-corrected chi connectivity index (χ0v) is 17.7. The van der Waals surface area contributed by atoms with Crippen LogP contribution in [0.2, 0.25) is 5.02 Å². The van der Waals surface area contributed by atoms with Crippen LogP contribution in [0.25, 0.3) is 11.0 Å². The molecule has 2 unspecified atom stereocenters. The lowest BCUT2D eigenvalue weighted by Gasteiger charge is -2.43. The van der Waals surface area contributed by atoms with E-state index in [0.717, 1.165) is 0 Å². The Bertz CT molecular complexity index is 1010. The van der Waals surface area contributed by atoms with E-state index in [4.69, 9.17) is 11.6 Å². The minimum Gasteiger partial charge on any atom is -0.341 e. The lowest BCUT2D eigenvalue weighted by Crippen LogP contribution is -2.61. The molecule has 0 N–H and O–H groups in total. The number of hydrogen-bond donors (Lipinski definition) is 0. The monoisotopic (exact) mass is 488 g/mol. The van der Waals surface area contributed by atoms with Crippen LogP contribution in [-0.2, 0) is 4.79 Å². The molecule has 2 aliphatic rings. The van der Waals surface area contributed by atoms with E-state index in [-0.39, 0.29) is 11.9 Å². The third kappa shape index (κ3) is 2.36. The van der Waals surface area contributed by atoms with Gasteiger partial charge in [-0.15, -0.1) is 0 Å². The Morgan fingerprint density at radius 1 is 1.19 bits per heavy atom. The van der Waals surface area contributed by atoms with Crippen molar-refractivity contribution in [1.29, 1.82) is 0 Å². The smallest absolute Gasteiger partial charge is 0.341 e. The number of piperazine rings is 1. The van der Waals surface area contributed by atoms with Crippen LogP contribution in [0, 0.1) is 6.92 Å². The van der Waals surface area contributed by atoms with Crippen LogP contribution < -0.4 is 15.5 Å². The Labute approximate surface area is 169 Å². The first-order valence-corrected chi connectivity index (χ1v) is 9.60. The number of carbonyl (C=O) groups is 1. The summed E-state index contributed by atoms with van der Waals surface area (Å²) in [5.41, 5.74) is 1.21. The van der Waals surface area contributed by atoms with Crippen LogP contribution in [-0.4, -0.2) is 62.8 Å². The summed E-state index contributed by atoms with van der Waals surface area (Å²) in [6.07, 6.45) is 0. The molecule has 1 amide bonds. The molecule has 2 atom stereocenters. The van der Waals surface area contributed by atoms with E-state index in [1.807, 2.05) is 34.8 Å². The highest BCUT2D eigenvalue weighted by Crippen LogP contribution is 2.42. The maximum atomic E-state index is 13.2. The number of aryl methyl sites for hydroxylation is 1. The fourth-order valence-electron chi connectivity index (χ4n) is 3.68. The van der Waals surface area contributed by atoms with E-state index >= 15 is 0 Å². The molecule has 0 radical (unpaired) electrons. The fraction of sp³-hybridized carbons (Fsp3) is 0.500. The van der Waals surface area contributed by atoms with Gasteiger partial charge in [0.2, 0.25) is 0 Å². The molecule has 1 fully saturated rings. The average molecular weight is 489 g/mol. The first-order valence-electron chi connectivity index (χ1n) is 8.25. The number of aromatic nitrogens is 3. The molecule has 0 aliphatic carbocycles. The minimum absolute atomic E-state index is 0.0667. The van der Waals surface area contributed by atoms with Crippen molar-refractivity contribution in [2.24, 2.45) is 0 Å². The Morgan fingerprint density at radius 3 is 2.58 bits per heavy atom. The number of hydrogen-bond acceptors (Lipinski definition) is 6. The number of rotatable bonds is 0. The molecule has 0 aromatic carbocycles. The summed E-state index contributed by atoms with van der Waals surface area (Å²) in [7, 11) is 3.72. The number of nitrogens with zero attached hydrogens (tertiary/aromatic N) is 6. The van der Waals surface area contributed by atoms with Crippen molar-refractivity contribution in [3.63, 3.8) is 0 Å². The maximum Gasteiger partial charge on any atom is 0.360 e. The highest BCUT2D eigenvalue weighted by molar-refractivity contribution is 14.1. The summed E-state index contributed by atoms with van der Waals surface area (Å²) in [6.45, 7) is 5.01. The van der Waals surface area contributed by atoms with Crippen molar-refractivity contribution >= 4 is 62.9 Å². The van der Waals surface area contributed by atoms with Crippen LogP contribution in [0.4, 0.5) is 11.5 Å². The zero-order chi connectivity index (χ0) is 18.9. The first-order chi connectivity index (χ1) is 12.2. The van der Waals surface area contributed by atoms with Gasteiger partial charge < -0.3 is 9.80 Å². The standard InChI is InChI=1S/C16H18ClIN6O2/c1-7-5-23-9(6-21(7)3)15(25)22(4)12-10-13(23)20-16(26)24(18)14(10)19-8(2)11(12)17/h7,9H,5-6H2,1-4H3. The second-order valence-corrected chi connectivity index (χ2v) is 8.25. The SMILES string of the molecule is Cc1nc2c3c(nc(=O)n2I)N2CC(C)N(C)CC2C(=O)N(C)c3c1Cl. The van der Waals surface area contributed by atoms with Crippen LogP contribution >= 0.6 is 34.5 Å². The largest absolute Gasteiger partial charge is 0.360 e. The summed E-state index contributed by atoms with van der Waals surface area (Å²) in [6, 6.07) is -0.205. The van der Waals surface area contributed by atoms with Gasteiger partial charge >= 0.3 is 5.69 Å². The molecule has 2 aromatic heterocycles. The van der Waals surface area contributed by atoms with E-state index in [1.165, 1.54) is 2.78 Å². The summed E-state index contributed by atoms with van der Waals surface area (Å²) in [4.78, 5) is 40.2. The third-order valence-corrected chi connectivity index (χ3v) is 6.63. The summed E-state index contributed by atoms with van der Waals surface area (Å²) < 4.78 is 1.38. The topological polar surface area (TPSA) is 74.6 Å². The van der Waals surface area contributed by atoms with Crippen LogP contribution in [0.1, 0.15) is 12.6 Å². The Hall–Kier alpha value is -1.46. The van der Waals surface area contributed by atoms with Crippen LogP contribution in [0.5, 0.6) is 0 Å². The highest BCUT2D eigenvalue weighted by Gasteiger charge is 2.42. The third-order valence-electron chi connectivity index (χ3n) is 5.31. The number of amides is 1. The van der Waals surface area contributed by atoms with Gasteiger partial charge in [-0.25, -0.2) is 12.6 Å². The maximum absolute atomic E-state index is 13.2. The lowest BCUT2D eigenvalue weighted by molar-refractivity contribution is -0.120. The molecule has 10 heteroatoms. The van der Waals surface area contributed by atoms with Crippen molar-refractivity contribution < 1.29 is 4.79 Å². The van der Waals surface area contributed by atoms with Gasteiger partial charge in [0.15, 0.2) is 5.65 Å². The molecule has 4 heterocycles. The van der Waals surface area contributed by atoms with Crippen molar-refractivity contribution in [3.8, 4) is 0 Å². The normalized spacial score (nSPS) is 23.4. The van der Waals surface area contributed by atoms with Crippen molar-refractivity contribution in [2.45, 2.75) is 25.9 Å². The highest BCUT2D eigenvalue weighted by atomic mass is 127. The molecule has 4 rings (SSSR count). The molecule has 0 spiro atoms. The minimum atomic E-state index is -0.426. The number of fused-ring (bicyclic) bond motifs is 2. The van der Waals surface area contributed by atoms with E-state index in [2.05, 4.69) is 21.8 Å². The average Bonchev–Trinajstić information content (AvgIpc) is 2.67. The Balaban J connectivity index is 2.14. The quantitative estimate of drug-likeness (QED) is 0.523. The predicted molar refractivity (Wildman–Crippen MR) is 110 cm³/mol. The van der Waals surface area contributed by atoms with Crippen LogP contribution in [0.15, 0.2) is 4.79 Å². The second-order valence-electron chi connectivity index (χ2n) is 6.91. The van der Waals surface area contributed by atoms with Gasteiger partial charge in [-0.2, -0.15) is 4.98 Å². The molecule has 138 valence electrons. The van der Waals surface area contributed by atoms with E-state index < -0.39 is 11.7 Å². The molecule has 0 saturated carbocycles. The number of likely N-dealkylation sites (N-methyl/N-ethyl adjacent to an activating group) is 2. The molecule has 2 aliphatic heterocycles. The van der Waals surface area contributed by atoms with E-state index in [9.17, 15) is 9.59 Å². The molecular formula is C16H18ClIN6O2. The Kier molecular flexibility index (Phi) is 4.16. The van der Waals surface area contributed by atoms with Gasteiger partial charge in [0.25, 0.3) is 5.91 Å². The van der Waals surface area contributed by atoms with Gasteiger partial charge in [0.05, 0.1) is 44.7 Å². The van der Waals surface area contributed by atoms with E-state index in [1.54, 1.807) is 18.9 Å².